The number of carbonyl (C=O) groups excluding carboxylic acids is 1. The Morgan fingerprint density at radius 2 is 2.09 bits per heavy atom. The van der Waals surface area contributed by atoms with E-state index in [4.69, 9.17) is 4.74 Å². The van der Waals surface area contributed by atoms with Gasteiger partial charge in [-0.05, 0) is 0 Å². The van der Waals surface area contributed by atoms with Crippen molar-refractivity contribution in [1.29, 1.82) is 0 Å². The highest BCUT2D eigenvalue weighted by molar-refractivity contribution is 5.65. The van der Waals surface area contributed by atoms with Crippen LogP contribution < -0.4 is 5.11 Å². The summed E-state index contributed by atoms with van der Waals surface area (Å²) in [5.74, 6) is -0.977. The van der Waals surface area contributed by atoms with Crippen molar-refractivity contribution in [1.82, 2.24) is 0 Å². The molecule has 1 aliphatic heterocycles. The first-order chi connectivity index (χ1) is 5.12. The van der Waals surface area contributed by atoms with Gasteiger partial charge in [-0.25, -0.2) is 0 Å². The Morgan fingerprint density at radius 1 is 1.55 bits per heavy atom. The van der Waals surface area contributed by atoms with Crippen LogP contribution in [-0.4, -0.2) is 50.3 Å². The number of rotatable bonds is 2. The minimum atomic E-state index is -0.977. The molecular weight excluding hydrogens is 146 g/mol. The molecule has 11 heavy (non-hydrogen) atoms. The van der Waals surface area contributed by atoms with Crippen molar-refractivity contribution < 1.29 is 19.1 Å². The SMILES string of the molecule is C[N+]1(CC(=O)[O-])CCOCC1. The molecular formula is C7H13NO3. The van der Waals surface area contributed by atoms with E-state index in [2.05, 4.69) is 0 Å². The van der Waals surface area contributed by atoms with Crippen molar-refractivity contribution in [3.05, 3.63) is 0 Å². The maximum atomic E-state index is 10.3. The third kappa shape index (κ3) is 2.48. The summed E-state index contributed by atoms with van der Waals surface area (Å²) < 4.78 is 5.66. The zero-order valence-corrected chi connectivity index (χ0v) is 6.71. The van der Waals surface area contributed by atoms with Gasteiger partial charge >= 0.3 is 0 Å². The molecule has 1 fully saturated rings. The highest BCUT2D eigenvalue weighted by Crippen LogP contribution is 2.05. The molecule has 0 aromatic heterocycles. The van der Waals surface area contributed by atoms with E-state index < -0.39 is 5.97 Å². The van der Waals surface area contributed by atoms with E-state index in [0.717, 1.165) is 13.1 Å². The first-order valence-corrected chi connectivity index (χ1v) is 3.74. The summed E-state index contributed by atoms with van der Waals surface area (Å²) in [6, 6.07) is 0. The summed E-state index contributed by atoms with van der Waals surface area (Å²) in [6.07, 6.45) is 0. The van der Waals surface area contributed by atoms with Crippen LogP contribution in [0.25, 0.3) is 0 Å². The minimum absolute atomic E-state index is 0.101. The lowest BCUT2D eigenvalue weighted by molar-refractivity contribution is -0.911. The summed E-state index contributed by atoms with van der Waals surface area (Å²) in [7, 11) is 1.92. The van der Waals surface area contributed by atoms with Crippen molar-refractivity contribution >= 4 is 5.97 Å². The van der Waals surface area contributed by atoms with Crippen LogP contribution in [0.3, 0.4) is 0 Å². The zero-order valence-electron chi connectivity index (χ0n) is 6.71. The van der Waals surface area contributed by atoms with Gasteiger partial charge < -0.3 is 19.1 Å². The van der Waals surface area contributed by atoms with Gasteiger partial charge in [0.1, 0.15) is 19.6 Å². The van der Waals surface area contributed by atoms with E-state index in [-0.39, 0.29) is 6.54 Å². The normalized spacial score (nSPS) is 23.0. The van der Waals surface area contributed by atoms with Crippen LogP contribution in [0.15, 0.2) is 0 Å². The van der Waals surface area contributed by atoms with Gasteiger partial charge in [-0.2, -0.15) is 0 Å². The molecule has 0 radical (unpaired) electrons. The number of quaternary nitrogens is 1. The lowest BCUT2D eigenvalue weighted by Gasteiger charge is -2.37. The molecule has 0 N–H and O–H groups in total. The van der Waals surface area contributed by atoms with Crippen molar-refractivity contribution in [3.63, 3.8) is 0 Å². The smallest absolute Gasteiger partial charge is 0.119 e. The van der Waals surface area contributed by atoms with Crippen LogP contribution in [0.2, 0.25) is 0 Å². The third-order valence-corrected chi connectivity index (χ3v) is 2.06. The number of hydrogen-bond acceptors (Lipinski definition) is 3. The molecule has 0 saturated carbocycles. The fourth-order valence-electron chi connectivity index (χ4n) is 1.25. The number of morpholine rings is 1. The fourth-order valence-corrected chi connectivity index (χ4v) is 1.25. The summed E-state index contributed by atoms with van der Waals surface area (Å²) in [5, 5.41) is 10.3. The Morgan fingerprint density at radius 3 is 2.55 bits per heavy atom. The van der Waals surface area contributed by atoms with Crippen LogP contribution >= 0.6 is 0 Å². The highest BCUT2D eigenvalue weighted by Gasteiger charge is 2.24. The number of carboxylic acid groups (broad SMARTS) is 1. The van der Waals surface area contributed by atoms with Crippen LogP contribution in [0, 0.1) is 0 Å². The van der Waals surface area contributed by atoms with E-state index in [9.17, 15) is 9.90 Å². The van der Waals surface area contributed by atoms with Crippen molar-refractivity contribution in [2.75, 3.05) is 39.9 Å². The summed E-state index contributed by atoms with van der Waals surface area (Å²) in [5.41, 5.74) is 0. The predicted molar refractivity (Wildman–Crippen MR) is 36.6 cm³/mol. The lowest BCUT2D eigenvalue weighted by atomic mass is 10.3. The number of likely N-dealkylation sites (N-methyl/N-ethyl adjacent to an activating group) is 1. The molecule has 0 aromatic rings. The number of carbonyl (C=O) groups is 1. The molecule has 0 aromatic carbocycles. The quantitative estimate of drug-likeness (QED) is 0.447. The lowest BCUT2D eigenvalue weighted by Crippen LogP contribution is -2.56. The highest BCUT2D eigenvalue weighted by atomic mass is 16.5. The Labute approximate surface area is 66.0 Å². The molecule has 1 saturated heterocycles. The number of aliphatic carboxylic acids is 1. The minimum Gasteiger partial charge on any atom is -0.544 e. The molecule has 0 bridgehead atoms. The van der Waals surface area contributed by atoms with E-state index in [0.29, 0.717) is 17.7 Å². The Balaban J connectivity index is 2.43. The van der Waals surface area contributed by atoms with Gasteiger partial charge in [0.05, 0.1) is 26.2 Å². The molecule has 0 unspecified atom stereocenters. The van der Waals surface area contributed by atoms with Crippen molar-refractivity contribution in [2.24, 2.45) is 0 Å². The molecule has 1 heterocycles. The van der Waals surface area contributed by atoms with Crippen LogP contribution in [0.1, 0.15) is 0 Å². The van der Waals surface area contributed by atoms with Gasteiger partial charge in [-0.1, -0.05) is 0 Å². The molecule has 0 amide bonds. The monoisotopic (exact) mass is 159 g/mol. The zero-order chi connectivity index (χ0) is 8.32. The summed E-state index contributed by atoms with van der Waals surface area (Å²) >= 11 is 0. The molecule has 64 valence electrons. The number of carboxylic acids is 1. The van der Waals surface area contributed by atoms with E-state index >= 15 is 0 Å². The van der Waals surface area contributed by atoms with Crippen molar-refractivity contribution in [2.45, 2.75) is 0 Å². The van der Waals surface area contributed by atoms with Gasteiger partial charge in [-0.3, -0.25) is 0 Å². The molecule has 0 aliphatic carbocycles. The first kappa shape index (κ1) is 8.49. The van der Waals surface area contributed by atoms with Gasteiger partial charge in [0.25, 0.3) is 0 Å². The van der Waals surface area contributed by atoms with Gasteiger partial charge in [0, 0.05) is 0 Å². The predicted octanol–water partition coefficient (Wildman–Crippen LogP) is -1.79. The molecule has 1 rings (SSSR count). The number of hydrogen-bond donors (Lipinski definition) is 0. The molecule has 0 spiro atoms. The average molecular weight is 159 g/mol. The van der Waals surface area contributed by atoms with E-state index in [1.54, 1.807) is 0 Å². The second-order valence-corrected chi connectivity index (χ2v) is 3.21. The second-order valence-electron chi connectivity index (χ2n) is 3.21. The third-order valence-electron chi connectivity index (χ3n) is 2.06. The van der Waals surface area contributed by atoms with E-state index in [1.807, 2.05) is 7.05 Å². The summed E-state index contributed by atoms with van der Waals surface area (Å²) in [6.45, 7) is 2.96. The molecule has 0 atom stereocenters. The van der Waals surface area contributed by atoms with E-state index in [1.165, 1.54) is 0 Å². The Kier molecular flexibility index (Phi) is 2.46. The average Bonchev–Trinajstić information content (AvgIpc) is 1.85. The second kappa shape index (κ2) is 3.19. The molecule has 1 aliphatic rings. The molecule has 4 heteroatoms. The maximum absolute atomic E-state index is 10.3. The Bertz CT molecular complexity index is 152. The standard InChI is InChI=1S/C7H13NO3/c1-8(6-7(9)10)2-4-11-5-3-8/h2-6H2,1H3. The van der Waals surface area contributed by atoms with Crippen LogP contribution in [0.5, 0.6) is 0 Å². The fraction of sp³-hybridized carbons (Fsp3) is 0.857. The van der Waals surface area contributed by atoms with Gasteiger partial charge in [0.2, 0.25) is 0 Å². The van der Waals surface area contributed by atoms with Crippen LogP contribution in [-0.2, 0) is 9.53 Å². The van der Waals surface area contributed by atoms with Crippen molar-refractivity contribution in [3.8, 4) is 0 Å². The maximum Gasteiger partial charge on any atom is 0.119 e. The number of ether oxygens (including phenoxy) is 1. The number of nitrogens with zero attached hydrogens (tertiary/aromatic N) is 1. The summed E-state index contributed by atoms with van der Waals surface area (Å²) in [4.78, 5) is 10.3. The first-order valence-electron chi connectivity index (χ1n) is 3.74. The topological polar surface area (TPSA) is 49.4 Å². The van der Waals surface area contributed by atoms with Crippen LogP contribution in [0.4, 0.5) is 0 Å². The Hall–Kier alpha value is -0.610. The largest absolute Gasteiger partial charge is 0.544 e. The molecule has 4 nitrogen and oxygen atoms in total. The van der Waals surface area contributed by atoms with Gasteiger partial charge in [-0.15, -0.1) is 0 Å². The van der Waals surface area contributed by atoms with Gasteiger partial charge in [0.15, 0.2) is 0 Å².